The van der Waals surface area contributed by atoms with Gasteiger partial charge in [0.15, 0.2) is 11.5 Å². The summed E-state index contributed by atoms with van der Waals surface area (Å²) in [7, 11) is 0. The summed E-state index contributed by atoms with van der Waals surface area (Å²) in [5.74, 6) is 0.962. The maximum atomic E-state index is 12.1. The van der Waals surface area contributed by atoms with Gasteiger partial charge in [-0.15, -0.1) is 13.2 Å². The van der Waals surface area contributed by atoms with Gasteiger partial charge in [-0.1, -0.05) is 18.2 Å². The Bertz CT molecular complexity index is 671. The third-order valence-electron chi connectivity index (χ3n) is 3.23. The summed E-state index contributed by atoms with van der Waals surface area (Å²) in [6.45, 7) is 0.164. The third-order valence-corrected chi connectivity index (χ3v) is 3.23. The zero-order chi connectivity index (χ0) is 15.7. The Hall–Kier alpha value is -2.41. The Morgan fingerprint density at radius 2 is 1.59 bits per heavy atom. The molecule has 2 aromatic rings. The van der Waals surface area contributed by atoms with E-state index in [-0.39, 0.29) is 12.5 Å². The molecular weight excluding hydrogens is 299 g/mol. The van der Waals surface area contributed by atoms with Crippen LogP contribution in [0.15, 0.2) is 42.5 Å². The quantitative estimate of drug-likeness (QED) is 0.944. The zero-order valence-corrected chi connectivity index (χ0v) is 11.3. The highest BCUT2D eigenvalue weighted by molar-refractivity contribution is 5.47. The Morgan fingerprint density at radius 3 is 2.27 bits per heavy atom. The second-order valence-electron chi connectivity index (χ2n) is 4.71. The minimum atomic E-state index is -4.71. The lowest BCUT2D eigenvalue weighted by molar-refractivity contribution is -0.274. The van der Waals surface area contributed by atoms with Gasteiger partial charge in [0, 0.05) is 0 Å². The van der Waals surface area contributed by atoms with Gasteiger partial charge in [0.2, 0.25) is 6.79 Å². The second-order valence-corrected chi connectivity index (χ2v) is 4.71. The van der Waals surface area contributed by atoms with Crippen LogP contribution in [-0.2, 0) is 0 Å². The van der Waals surface area contributed by atoms with E-state index in [9.17, 15) is 13.2 Å². The fraction of sp³-hybridized carbons (Fsp3) is 0.200. The Kier molecular flexibility index (Phi) is 3.58. The van der Waals surface area contributed by atoms with Crippen molar-refractivity contribution < 1.29 is 27.4 Å². The molecule has 4 nitrogen and oxygen atoms in total. The molecule has 0 saturated carbocycles. The van der Waals surface area contributed by atoms with Crippen LogP contribution in [0.2, 0.25) is 0 Å². The summed E-state index contributed by atoms with van der Waals surface area (Å²) in [6.07, 6.45) is -4.71. The van der Waals surface area contributed by atoms with Gasteiger partial charge in [0.25, 0.3) is 0 Å². The SMILES string of the molecule is N[C@@H](c1ccc(OC(F)(F)F)cc1)c1ccc2c(c1)OCO2. The van der Waals surface area contributed by atoms with Crippen molar-refractivity contribution in [2.45, 2.75) is 12.4 Å². The van der Waals surface area contributed by atoms with Gasteiger partial charge in [-0.2, -0.15) is 0 Å². The van der Waals surface area contributed by atoms with Gasteiger partial charge >= 0.3 is 6.36 Å². The number of benzene rings is 2. The Balaban J connectivity index is 1.79. The second kappa shape index (κ2) is 5.42. The van der Waals surface area contributed by atoms with Crippen molar-refractivity contribution >= 4 is 0 Å². The number of nitrogens with two attached hydrogens (primary N) is 1. The van der Waals surface area contributed by atoms with E-state index in [1.54, 1.807) is 18.2 Å². The molecule has 2 aromatic carbocycles. The van der Waals surface area contributed by atoms with E-state index in [4.69, 9.17) is 15.2 Å². The number of hydrogen-bond donors (Lipinski definition) is 1. The molecule has 0 spiro atoms. The third kappa shape index (κ3) is 3.09. The van der Waals surface area contributed by atoms with Gasteiger partial charge < -0.3 is 19.9 Å². The molecule has 0 fully saturated rings. The van der Waals surface area contributed by atoms with Crippen LogP contribution >= 0.6 is 0 Å². The first-order valence-corrected chi connectivity index (χ1v) is 6.43. The van der Waals surface area contributed by atoms with Crippen LogP contribution in [0.1, 0.15) is 17.2 Å². The van der Waals surface area contributed by atoms with Crippen molar-refractivity contribution in [2.24, 2.45) is 5.73 Å². The molecule has 1 heterocycles. The van der Waals surface area contributed by atoms with E-state index in [1.807, 2.05) is 0 Å². The Morgan fingerprint density at radius 1 is 0.955 bits per heavy atom. The molecule has 22 heavy (non-hydrogen) atoms. The van der Waals surface area contributed by atoms with Gasteiger partial charge in [0.05, 0.1) is 6.04 Å². The van der Waals surface area contributed by atoms with Crippen LogP contribution in [0.5, 0.6) is 17.2 Å². The first-order valence-electron chi connectivity index (χ1n) is 6.43. The first-order chi connectivity index (χ1) is 10.4. The highest BCUT2D eigenvalue weighted by Gasteiger charge is 2.31. The van der Waals surface area contributed by atoms with Crippen LogP contribution in [0.3, 0.4) is 0 Å². The van der Waals surface area contributed by atoms with Crippen molar-refractivity contribution in [1.29, 1.82) is 0 Å². The van der Waals surface area contributed by atoms with Crippen molar-refractivity contribution in [2.75, 3.05) is 6.79 Å². The predicted molar refractivity (Wildman–Crippen MR) is 71.7 cm³/mol. The van der Waals surface area contributed by atoms with E-state index in [0.29, 0.717) is 17.1 Å². The van der Waals surface area contributed by atoms with Gasteiger partial charge in [-0.3, -0.25) is 0 Å². The molecule has 1 atom stereocenters. The van der Waals surface area contributed by atoms with E-state index >= 15 is 0 Å². The molecule has 116 valence electrons. The van der Waals surface area contributed by atoms with E-state index < -0.39 is 12.4 Å². The van der Waals surface area contributed by atoms with E-state index in [1.165, 1.54) is 24.3 Å². The summed E-state index contributed by atoms with van der Waals surface area (Å²) in [6, 6.07) is 10.3. The van der Waals surface area contributed by atoms with E-state index in [0.717, 1.165) is 5.56 Å². The number of ether oxygens (including phenoxy) is 3. The lowest BCUT2D eigenvalue weighted by Crippen LogP contribution is -2.17. The van der Waals surface area contributed by atoms with Crippen LogP contribution in [0.4, 0.5) is 13.2 Å². The molecule has 2 N–H and O–H groups in total. The number of hydrogen-bond acceptors (Lipinski definition) is 4. The van der Waals surface area contributed by atoms with Gasteiger partial charge in [-0.25, -0.2) is 0 Å². The highest BCUT2D eigenvalue weighted by Crippen LogP contribution is 2.35. The topological polar surface area (TPSA) is 53.7 Å². The van der Waals surface area contributed by atoms with E-state index in [2.05, 4.69) is 4.74 Å². The molecule has 0 unspecified atom stereocenters. The lowest BCUT2D eigenvalue weighted by Gasteiger charge is -2.14. The van der Waals surface area contributed by atoms with Crippen molar-refractivity contribution in [3.8, 4) is 17.2 Å². The average Bonchev–Trinajstić information content (AvgIpc) is 2.93. The van der Waals surface area contributed by atoms with Crippen molar-refractivity contribution in [3.05, 3.63) is 53.6 Å². The first kappa shape index (κ1) is 14.5. The molecule has 0 radical (unpaired) electrons. The average molecular weight is 311 g/mol. The fourth-order valence-corrected chi connectivity index (χ4v) is 2.18. The summed E-state index contributed by atoms with van der Waals surface area (Å²) in [5.41, 5.74) is 7.56. The summed E-state index contributed by atoms with van der Waals surface area (Å²) in [5, 5.41) is 0. The summed E-state index contributed by atoms with van der Waals surface area (Å²) < 4.78 is 50.7. The monoisotopic (exact) mass is 311 g/mol. The standard InChI is InChI=1S/C15H12F3NO3/c16-15(17,18)22-11-4-1-9(2-5-11)14(19)10-3-6-12-13(7-10)21-8-20-12/h1-7,14H,8,19H2/t14-/m0/s1. The normalized spacial score (nSPS) is 14.7. The molecule has 1 aliphatic heterocycles. The van der Waals surface area contributed by atoms with Crippen molar-refractivity contribution in [3.63, 3.8) is 0 Å². The molecular formula is C15H12F3NO3. The minimum absolute atomic E-state index is 0.164. The van der Waals surface area contributed by atoms with Crippen molar-refractivity contribution in [1.82, 2.24) is 0 Å². The summed E-state index contributed by atoms with van der Waals surface area (Å²) in [4.78, 5) is 0. The Labute approximate surface area is 124 Å². The highest BCUT2D eigenvalue weighted by atomic mass is 19.4. The molecule has 0 aromatic heterocycles. The number of fused-ring (bicyclic) bond motifs is 1. The zero-order valence-electron chi connectivity index (χ0n) is 11.3. The molecule has 0 aliphatic carbocycles. The largest absolute Gasteiger partial charge is 0.573 e. The molecule has 7 heteroatoms. The van der Waals surface area contributed by atoms with Crippen LogP contribution in [-0.4, -0.2) is 13.2 Å². The number of alkyl halides is 3. The van der Waals surface area contributed by atoms with Crippen LogP contribution < -0.4 is 19.9 Å². The van der Waals surface area contributed by atoms with Crippen LogP contribution in [0, 0.1) is 0 Å². The number of halogens is 3. The smallest absolute Gasteiger partial charge is 0.454 e. The van der Waals surface area contributed by atoms with Gasteiger partial charge in [0.1, 0.15) is 5.75 Å². The molecule has 0 saturated heterocycles. The maximum Gasteiger partial charge on any atom is 0.573 e. The fourth-order valence-electron chi connectivity index (χ4n) is 2.18. The molecule has 0 bridgehead atoms. The van der Waals surface area contributed by atoms with Gasteiger partial charge in [-0.05, 0) is 35.4 Å². The predicted octanol–water partition coefficient (Wildman–Crippen LogP) is 3.36. The molecule has 1 aliphatic rings. The lowest BCUT2D eigenvalue weighted by atomic mass is 9.99. The molecule has 0 amide bonds. The maximum absolute atomic E-state index is 12.1. The summed E-state index contributed by atoms with van der Waals surface area (Å²) >= 11 is 0. The molecule has 3 rings (SSSR count). The number of rotatable bonds is 3. The minimum Gasteiger partial charge on any atom is -0.454 e. The van der Waals surface area contributed by atoms with Crippen LogP contribution in [0.25, 0.3) is 0 Å².